The van der Waals surface area contributed by atoms with Crippen molar-refractivity contribution in [1.82, 2.24) is 0 Å². The Labute approximate surface area is 201 Å². The van der Waals surface area contributed by atoms with Crippen molar-refractivity contribution < 1.29 is 35.4 Å². The molecular formula is C25H24F3NO5S. The number of ether oxygens (including phenoxy) is 1. The first kappa shape index (κ1) is 24.0. The maximum Gasteiger partial charge on any atom is 0.440 e. The standard InChI is InChI=1S/C25H24F3NO5S/c26-25(27,28)24(29-34-35(31,32)19-13-16-6-2-4-8-22(16)33-14-19)23(30)17-9-10-21-18(12-17)11-15-5-1-3-7-20(15)21/h1,3,5,7,9-10,12,16,19,22H,2,4,6,8,11,13-14H2/b29-24-. The van der Waals surface area contributed by atoms with Crippen LogP contribution in [-0.2, 0) is 25.6 Å². The van der Waals surface area contributed by atoms with E-state index < -0.39 is 33.0 Å². The number of hydrogen-bond donors (Lipinski definition) is 0. The van der Waals surface area contributed by atoms with Gasteiger partial charge in [-0.3, -0.25) is 9.08 Å². The molecule has 0 bridgehead atoms. The van der Waals surface area contributed by atoms with Crippen LogP contribution < -0.4 is 0 Å². The fraction of sp³-hybridized carbons (Fsp3) is 0.440. The minimum absolute atomic E-state index is 0.0177. The van der Waals surface area contributed by atoms with E-state index in [1.807, 2.05) is 24.3 Å². The summed E-state index contributed by atoms with van der Waals surface area (Å²) in [7, 11) is -4.52. The summed E-state index contributed by atoms with van der Waals surface area (Å²) in [6.07, 6.45) is -0.907. The number of fused-ring (bicyclic) bond motifs is 4. The van der Waals surface area contributed by atoms with Crippen LogP contribution in [0.1, 0.15) is 53.6 Å². The van der Waals surface area contributed by atoms with Gasteiger partial charge in [0.1, 0.15) is 5.25 Å². The Morgan fingerprint density at radius 3 is 2.57 bits per heavy atom. The fourth-order valence-corrected chi connectivity index (χ4v) is 6.32. The number of nitrogens with zero attached hydrogens (tertiary/aromatic N) is 1. The van der Waals surface area contributed by atoms with Crippen molar-refractivity contribution in [1.29, 1.82) is 0 Å². The SMILES string of the molecule is O=C(/C(=N/OS(=O)(=O)C1COC2CCCCC2C1)C(F)(F)F)c1ccc2c(c1)Cc1ccccc1-2. The molecule has 3 unspecified atom stereocenters. The van der Waals surface area contributed by atoms with Crippen LogP contribution in [0.3, 0.4) is 0 Å². The number of carbonyl (C=O) groups is 1. The molecule has 2 aromatic rings. The Hall–Kier alpha value is -2.72. The van der Waals surface area contributed by atoms with E-state index in [1.165, 1.54) is 12.1 Å². The Balaban J connectivity index is 1.36. The van der Waals surface area contributed by atoms with Crippen LogP contribution in [0, 0.1) is 5.92 Å². The van der Waals surface area contributed by atoms with Gasteiger partial charge in [0.2, 0.25) is 11.5 Å². The van der Waals surface area contributed by atoms with Gasteiger partial charge in [-0.15, -0.1) is 0 Å². The van der Waals surface area contributed by atoms with Gasteiger partial charge in [0, 0.05) is 5.56 Å². The van der Waals surface area contributed by atoms with Gasteiger partial charge in [0.25, 0.3) is 0 Å². The van der Waals surface area contributed by atoms with Crippen LogP contribution >= 0.6 is 0 Å². The summed E-state index contributed by atoms with van der Waals surface area (Å²) in [4.78, 5) is 12.8. The van der Waals surface area contributed by atoms with E-state index >= 15 is 0 Å². The van der Waals surface area contributed by atoms with Gasteiger partial charge >= 0.3 is 16.3 Å². The number of halogens is 3. The average molecular weight is 508 g/mol. The predicted molar refractivity (Wildman–Crippen MR) is 123 cm³/mol. The lowest BCUT2D eigenvalue weighted by Gasteiger charge is -2.38. The maximum atomic E-state index is 13.7. The zero-order valence-electron chi connectivity index (χ0n) is 18.8. The number of carbonyl (C=O) groups excluding carboxylic acids is 1. The Kier molecular flexibility index (Phi) is 6.21. The minimum Gasteiger partial charge on any atom is -0.376 e. The zero-order valence-corrected chi connectivity index (χ0v) is 19.6. The molecule has 6 nitrogen and oxygen atoms in total. The van der Waals surface area contributed by atoms with Gasteiger partial charge in [0.05, 0.1) is 12.7 Å². The van der Waals surface area contributed by atoms with Crippen molar-refractivity contribution in [2.45, 2.75) is 56.1 Å². The summed E-state index contributed by atoms with van der Waals surface area (Å²) in [5, 5.41) is 1.72. The maximum absolute atomic E-state index is 13.7. The molecule has 1 heterocycles. The number of Topliss-reactive ketones (excluding diaryl/α,β-unsaturated/α-hetero) is 1. The van der Waals surface area contributed by atoms with Gasteiger partial charge < -0.3 is 4.74 Å². The summed E-state index contributed by atoms with van der Waals surface area (Å²) < 4.78 is 76.6. The summed E-state index contributed by atoms with van der Waals surface area (Å²) in [6, 6.07) is 11.8. The number of hydrogen-bond acceptors (Lipinski definition) is 6. The highest BCUT2D eigenvalue weighted by atomic mass is 32.2. The zero-order chi connectivity index (χ0) is 24.8. The molecule has 0 amide bonds. The van der Waals surface area contributed by atoms with Crippen molar-refractivity contribution in [3.8, 4) is 11.1 Å². The monoisotopic (exact) mass is 507 g/mol. The lowest BCUT2D eigenvalue weighted by atomic mass is 9.82. The van der Waals surface area contributed by atoms with Gasteiger partial charge in [-0.05, 0) is 59.9 Å². The Morgan fingerprint density at radius 2 is 1.77 bits per heavy atom. The molecule has 0 N–H and O–H groups in total. The number of alkyl halides is 3. The van der Waals surface area contributed by atoms with Crippen LogP contribution in [-0.4, -0.2) is 44.0 Å². The molecule has 186 valence electrons. The Morgan fingerprint density at radius 1 is 1.03 bits per heavy atom. The van der Waals surface area contributed by atoms with Crippen molar-refractivity contribution in [2.24, 2.45) is 11.1 Å². The summed E-state index contributed by atoms with van der Waals surface area (Å²) in [6.45, 7) is -0.167. The van der Waals surface area contributed by atoms with Crippen molar-refractivity contribution in [3.05, 3.63) is 59.2 Å². The lowest BCUT2D eigenvalue weighted by molar-refractivity contribution is -0.0599. The molecule has 1 saturated heterocycles. The topological polar surface area (TPSA) is 82.0 Å². The van der Waals surface area contributed by atoms with E-state index in [4.69, 9.17) is 4.74 Å². The van der Waals surface area contributed by atoms with Gasteiger partial charge in [0.15, 0.2) is 0 Å². The third-order valence-electron chi connectivity index (χ3n) is 7.08. The van der Waals surface area contributed by atoms with E-state index in [9.17, 15) is 26.4 Å². The van der Waals surface area contributed by atoms with E-state index in [1.54, 1.807) is 6.07 Å². The number of ketones is 1. The van der Waals surface area contributed by atoms with Gasteiger partial charge in [-0.25, -0.2) is 0 Å². The molecule has 0 spiro atoms. The first-order valence-corrected chi connectivity index (χ1v) is 13.1. The first-order chi connectivity index (χ1) is 16.6. The molecule has 1 aliphatic heterocycles. The normalized spacial score (nSPS) is 24.3. The molecule has 3 aliphatic rings. The van der Waals surface area contributed by atoms with Crippen molar-refractivity contribution in [3.63, 3.8) is 0 Å². The first-order valence-electron chi connectivity index (χ1n) is 11.6. The highest BCUT2D eigenvalue weighted by molar-refractivity contribution is 7.87. The molecule has 2 fully saturated rings. The molecule has 0 radical (unpaired) electrons. The molecule has 35 heavy (non-hydrogen) atoms. The van der Waals surface area contributed by atoms with E-state index in [2.05, 4.69) is 9.44 Å². The van der Waals surface area contributed by atoms with Gasteiger partial charge in [-0.2, -0.15) is 21.6 Å². The summed E-state index contributed by atoms with van der Waals surface area (Å²) in [5.74, 6) is -1.43. The van der Waals surface area contributed by atoms with Crippen LogP contribution in [0.4, 0.5) is 13.2 Å². The van der Waals surface area contributed by atoms with Crippen LogP contribution in [0.5, 0.6) is 0 Å². The van der Waals surface area contributed by atoms with Crippen molar-refractivity contribution in [2.75, 3.05) is 6.61 Å². The van der Waals surface area contributed by atoms with Crippen LogP contribution in [0.25, 0.3) is 11.1 Å². The third-order valence-corrected chi connectivity index (χ3v) is 8.51. The third kappa shape index (κ3) is 4.73. The minimum atomic E-state index is -5.20. The Bertz CT molecular complexity index is 1290. The van der Waals surface area contributed by atoms with Crippen LogP contribution in [0.15, 0.2) is 47.6 Å². The molecule has 3 atom stereocenters. The highest BCUT2D eigenvalue weighted by Crippen LogP contribution is 2.38. The highest BCUT2D eigenvalue weighted by Gasteiger charge is 2.44. The second kappa shape index (κ2) is 9.05. The predicted octanol–water partition coefficient (Wildman–Crippen LogP) is 5.05. The number of oxime groups is 1. The molecular weight excluding hydrogens is 483 g/mol. The molecule has 0 aromatic heterocycles. The fourth-order valence-electron chi connectivity index (χ4n) is 5.30. The summed E-state index contributed by atoms with van der Waals surface area (Å²) >= 11 is 0. The molecule has 5 rings (SSSR count). The average Bonchev–Trinajstić information content (AvgIpc) is 3.20. The molecule has 2 aliphatic carbocycles. The molecule has 2 aromatic carbocycles. The van der Waals surface area contributed by atoms with Crippen LogP contribution in [0.2, 0.25) is 0 Å². The van der Waals surface area contributed by atoms with E-state index in [-0.39, 0.29) is 30.6 Å². The quantitative estimate of drug-likeness (QED) is 0.274. The second-order valence-corrected chi connectivity index (χ2v) is 11.1. The molecule has 1 saturated carbocycles. The van der Waals surface area contributed by atoms with Crippen molar-refractivity contribution >= 4 is 21.6 Å². The second-order valence-electron chi connectivity index (χ2n) is 9.31. The smallest absolute Gasteiger partial charge is 0.376 e. The summed E-state index contributed by atoms with van der Waals surface area (Å²) in [5.41, 5.74) is 1.40. The largest absolute Gasteiger partial charge is 0.440 e. The van der Waals surface area contributed by atoms with E-state index in [0.717, 1.165) is 42.4 Å². The number of rotatable bonds is 5. The lowest BCUT2D eigenvalue weighted by Crippen LogP contribution is -2.43. The number of benzene rings is 2. The molecule has 10 heteroatoms. The van der Waals surface area contributed by atoms with E-state index in [0.29, 0.717) is 12.0 Å². The van der Waals surface area contributed by atoms with Gasteiger partial charge in [-0.1, -0.05) is 54.4 Å².